The first-order chi connectivity index (χ1) is 13.0. The number of pyridine rings is 1. The van der Waals surface area contributed by atoms with Crippen molar-refractivity contribution in [3.8, 4) is 11.3 Å². The Morgan fingerprint density at radius 2 is 1.93 bits per heavy atom. The van der Waals surface area contributed by atoms with Crippen molar-refractivity contribution in [3.05, 3.63) is 65.8 Å². The number of hydrogen-bond donors (Lipinski definition) is 1. The molecule has 3 aromatic rings. The standard InChI is InChI=1S/C21H24N4O2/c1-15-4-6-17(7-5-15)18-14-24-21(27-18)9-8-20(26)23-13-16-10-11-22-19(12-16)25(2)3/h4-7,10-12,14H,8-9,13H2,1-3H3,(H,23,26). The molecule has 0 atom stereocenters. The minimum atomic E-state index is -0.0340. The van der Waals surface area contributed by atoms with Crippen LogP contribution in [0.1, 0.15) is 23.4 Å². The number of carbonyl (C=O) groups is 1. The lowest BCUT2D eigenvalue weighted by atomic mass is 10.1. The second-order valence-electron chi connectivity index (χ2n) is 6.68. The third kappa shape index (κ3) is 5.17. The number of oxazole rings is 1. The van der Waals surface area contributed by atoms with Crippen LogP contribution in [0, 0.1) is 6.92 Å². The van der Waals surface area contributed by atoms with Crippen molar-refractivity contribution < 1.29 is 9.21 Å². The molecular weight excluding hydrogens is 340 g/mol. The predicted molar refractivity (Wildman–Crippen MR) is 105 cm³/mol. The number of anilines is 1. The van der Waals surface area contributed by atoms with Crippen molar-refractivity contribution in [1.29, 1.82) is 0 Å². The van der Waals surface area contributed by atoms with Crippen molar-refractivity contribution in [2.45, 2.75) is 26.3 Å². The van der Waals surface area contributed by atoms with Crippen molar-refractivity contribution in [2.75, 3.05) is 19.0 Å². The van der Waals surface area contributed by atoms with Crippen LogP contribution < -0.4 is 10.2 Å². The predicted octanol–water partition coefficient (Wildman–Crippen LogP) is 3.36. The third-order valence-electron chi connectivity index (χ3n) is 4.21. The highest BCUT2D eigenvalue weighted by molar-refractivity contribution is 5.76. The summed E-state index contributed by atoms with van der Waals surface area (Å²) in [5.41, 5.74) is 3.19. The number of aromatic nitrogens is 2. The molecule has 1 N–H and O–H groups in total. The number of nitrogens with one attached hydrogen (secondary N) is 1. The lowest BCUT2D eigenvalue weighted by Gasteiger charge is -2.12. The molecule has 0 saturated carbocycles. The number of nitrogens with zero attached hydrogens (tertiary/aromatic N) is 3. The summed E-state index contributed by atoms with van der Waals surface area (Å²) < 4.78 is 5.76. The molecule has 0 aliphatic carbocycles. The number of amides is 1. The van der Waals surface area contributed by atoms with E-state index in [1.807, 2.05) is 62.3 Å². The van der Waals surface area contributed by atoms with Gasteiger partial charge in [-0.25, -0.2) is 9.97 Å². The maximum Gasteiger partial charge on any atom is 0.220 e. The molecule has 2 aromatic heterocycles. The topological polar surface area (TPSA) is 71.3 Å². The number of hydrogen-bond acceptors (Lipinski definition) is 5. The van der Waals surface area contributed by atoms with Gasteiger partial charge in [0.25, 0.3) is 0 Å². The van der Waals surface area contributed by atoms with Crippen LogP contribution in [-0.2, 0) is 17.8 Å². The molecule has 6 nitrogen and oxygen atoms in total. The molecule has 0 spiro atoms. The fourth-order valence-electron chi connectivity index (χ4n) is 2.60. The molecule has 6 heteroatoms. The van der Waals surface area contributed by atoms with E-state index in [-0.39, 0.29) is 5.91 Å². The average Bonchev–Trinajstić information content (AvgIpc) is 3.14. The Labute approximate surface area is 159 Å². The third-order valence-corrected chi connectivity index (χ3v) is 4.21. The van der Waals surface area contributed by atoms with Crippen LogP contribution in [0.3, 0.4) is 0 Å². The van der Waals surface area contributed by atoms with Crippen LogP contribution in [0.15, 0.2) is 53.2 Å². The van der Waals surface area contributed by atoms with Crippen LogP contribution in [0.5, 0.6) is 0 Å². The van der Waals surface area contributed by atoms with Gasteiger partial charge in [-0.3, -0.25) is 4.79 Å². The minimum absolute atomic E-state index is 0.0340. The van der Waals surface area contributed by atoms with Gasteiger partial charge < -0.3 is 14.6 Å². The molecule has 0 bridgehead atoms. The summed E-state index contributed by atoms with van der Waals surface area (Å²) in [5, 5.41) is 2.93. The quantitative estimate of drug-likeness (QED) is 0.696. The van der Waals surface area contributed by atoms with Gasteiger partial charge >= 0.3 is 0 Å². The maximum absolute atomic E-state index is 12.1. The Morgan fingerprint density at radius 1 is 1.15 bits per heavy atom. The van der Waals surface area contributed by atoms with E-state index in [1.54, 1.807) is 12.4 Å². The highest BCUT2D eigenvalue weighted by atomic mass is 16.4. The summed E-state index contributed by atoms with van der Waals surface area (Å²) in [4.78, 5) is 22.6. The SMILES string of the molecule is Cc1ccc(-c2cnc(CCC(=O)NCc3ccnc(N(C)C)c3)o2)cc1. The van der Waals surface area contributed by atoms with Gasteiger partial charge in [-0.15, -0.1) is 0 Å². The lowest BCUT2D eigenvalue weighted by molar-refractivity contribution is -0.121. The van der Waals surface area contributed by atoms with E-state index >= 15 is 0 Å². The Kier molecular flexibility index (Phi) is 5.86. The van der Waals surface area contributed by atoms with Gasteiger partial charge in [0, 0.05) is 45.2 Å². The summed E-state index contributed by atoms with van der Waals surface area (Å²) in [6.07, 6.45) is 4.25. The number of carbonyl (C=O) groups excluding carboxylic acids is 1. The summed E-state index contributed by atoms with van der Waals surface area (Å²) >= 11 is 0. The van der Waals surface area contributed by atoms with Gasteiger partial charge in [0.15, 0.2) is 11.7 Å². The van der Waals surface area contributed by atoms with Crippen molar-refractivity contribution >= 4 is 11.7 Å². The van der Waals surface area contributed by atoms with Gasteiger partial charge in [-0.05, 0) is 24.6 Å². The van der Waals surface area contributed by atoms with Crippen LogP contribution >= 0.6 is 0 Å². The summed E-state index contributed by atoms with van der Waals surface area (Å²) in [7, 11) is 3.87. The van der Waals surface area contributed by atoms with E-state index in [9.17, 15) is 4.79 Å². The molecule has 0 aliphatic heterocycles. The van der Waals surface area contributed by atoms with Crippen LogP contribution in [0.25, 0.3) is 11.3 Å². The largest absolute Gasteiger partial charge is 0.441 e. The normalized spacial score (nSPS) is 10.6. The van der Waals surface area contributed by atoms with Gasteiger partial charge in [0.2, 0.25) is 5.91 Å². The van der Waals surface area contributed by atoms with Crippen LogP contribution in [0.4, 0.5) is 5.82 Å². The van der Waals surface area contributed by atoms with Gasteiger partial charge in [-0.1, -0.05) is 29.8 Å². The molecule has 1 amide bonds. The number of rotatable bonds is 7. The first-order valence-electron chi connectivity index (χ1n) is 8.92. The molecule has 0 fully saturated rings. The highest BCUT2D eigenvalue weighted by Gasteiger charge is 2.09. The molecule has 0 radical (unpaired) electrons. The smallest absolute Gasteiger partial charge is 0.220 e. The summed E-state index contributed by atoms with van der Waals surface area (Å²) in [6.45, 7) is 2.52. The van der Waals surface area contributed by atoms with E-state index in [1.165, 1.54) is 5.56 Å². The Bertz CT molecular complexity index is 901. The molecular formula is C21H24N4O2. The fourth-order valence-corrected chi connectivity index (χ4v) is 2.60. The highest BCUT2D eigenvalue weighted by Crippen LogP contribution is 2.21. The van der Waals surface area contributed by atoms with E-state index < -0.39 is 0 Å². The van der Waals surface area contributed by atoms with Gasteiger partial charge in [0.1, 0.15) is 5.82 Å². The van der Waals surface area contributed by atoms with Crippen LogP contribution in [0.2, 0.25) is 0 Å². The zero-order valence-electron chi connectivity index (χ0n) is 15.9. The van der Waals surface area contributed by atoms with Crippen LogP contribution in [-0.4, -0.2) is 30.0 Å². The number of aryl methyl sites for hydroxylation is 2. The maximum atomic E-state index is 12.1. The molecule has 2 heterocycles. The molecule has 0 saturated heterocycles. The monoisotopic (exact) mass is 364 g/mol. The van der Waals surface area contributed by atoms with E-state index in [0.717, 1.165) is 22.7 Å². The van der Waals surface area contributed by atoms with E-state index in [2.05, 4.69) is 15.3 Å². The van der Waals surface area contributed by atoms with Gasteiger partial charge in [0.05, 0.1) is 6.20 Å². The Morgan fingerprint density at radius 3 is 2.67 bits per heavy atom. The molecule has 0 aliphatic rings. The van der Waals surface area contributed by atoms with E-state index in [4.69, 9.17) is 4.42 Å². The van der Waals surface area contributed by atoms with Gasteiger partial charge in [-0.2, -0.15) is 0 Å². The summed E-state index contributed by atoms with van der Waals surface area (Å²) in [5.74, 6) is 2.12. The zero-order valence-corrected chi connectivity index (χ0v) is 15.9. The summed E-state index contributed by atoms with van der Waals surface area (Å²) in [6, 6.07) is 11.9. The average molecular weight is 364 g/mol. The fraction of sp³-hybridized carbons (Fsp3) is 0.286. The first kappa shape index (κ1) is 18.6. The van der Waals surface area contributed by atoms with E-state index in [0.29, 0.717) is 25.3 Å². The zero-order chi connectivity index (χ0) is 19.2. The van der Waals surface area contributed by atoms with Crippen molar-refractivity contribution in [3.63, 3.8) is 0 Å². The van der Waals surface area contributed by atoms with Crippen molar-refractivity contribution in [2.24, 2.45) is 0 Å². The first-order valence-corrected chi connectivity index (χ1v) is 8.92. The number of benzene rings is 1. The lowest BCUT2D eigenvalue weighted by Crippen LogP contribution is -2.23. The molecule has 1 aromatic carbocycles. The molecule has 3 rings (SSSR count). The molecule has 140 valence electrons. The molecule has 27 heavy (non-hydrogen) atoms. The Hall–Kier alpha value is -3.15. The minimum Gasteiger partial charge on any atom is -0.441 e. The second-order valence-corrected chi connectivity index (χ2v) is 6.68. The second kappa shape index (κ2) is 8.49. The van der Waals surface area contributed by atoms with Crippen molar-refractivity contribution in [1.82, 2.24) is 15.3 Å². The molecule has 0 unspecified atom stereocenters. The Balaban J connectivity index is 1.49.